The Morgan fingerprint density at radius 1 is 1.26 bits per heavy atom. The Bertz CT molecular complexity index is 598. The molecule has 1 heterocycles. The molecule has 6 heteroatoms. The van der Waals surface area contributed by atoms with Gasteiger partial charge >= 0.3 is 0 Å². The second kappa shape index (κ2) is 6.24. The van der Waals surface area contributed by atoms with Gasteiger partial charge < -0.3 is 5.11 Å². The van der Waals surface area contributed by atoms with Gasteiger partial charge in [-0.15, -0.1) is 0 Å². The van der Waals surface area contributed by atoms with E-state index in [1.54, 1.807) is 6.20 Å². The number of halogens is 3. The molecule has 0 spiro atoms. The highest BCUT2D eigenvalue weighted by molar-refractivity contribution is 14.1. The molecule has 2 rings (SSSR count). The minimum Gasteiger partial charge on any atom is -0.382 e. The molecule has 1 aromatic carbocycles. The van der Waals surface area contributed by atoms with Crippen molar-refractivity contribution in [3.8, 4) is 0 Å². The molecule has 1 aromatic heterocycles. The van der Waals surface area contributed by atoms with Crippen LogP contribution in [0.25, 0.3) is 0 Å². The Morgan fingerprint density at radius 2 is 1.95 bits per heavy atom. The summed E-state index contributed by atoms with van der Waals surface area (Å²) in [5.74, 6) is 0. The molecule has 102 valence electrons. The molecule has 2 aromatic rings. The molecule has 0 bridgehead atoms. The largest absolute Gasteiger partial charge is 0.382 e. The van der Waals surface area contributed by atoms with Crippen LogP contribution in [0, 0.1) is 3.57 Å². The van der Waals surface area contributed by atoms with Crippen molar-refractivity contribution < 1.29 is 5.11 Å². The average Bonchev–Trinajstić information content (AvgIpc) is 2.73. The minimum atomic E-state index is -0.719. The Kier molecular flexibility index (Phi) is 5.08. The van der Waals surface area contributed by atoms with E-state index < -0.39 is 6.10 Å². The van der Waals surface area contributed by atoms with Gasteiger partial charge in [-0.3, -0.25) is 4.68 Å². The van der Waals surface area contributed by atoms with Crippen LogP contribution in [0.15, 0.2) is 33.3 Å². The molecule has 1 unspecified atom stereocenters. The number of hydrogen-bond donors (Lipinski definition) is 1. The zero-order chi connectivity index (χ0) is 14.2. The summed E-state index contributed by atoms with van der Waals surface area (Å²) in [4.78, 5) is 0. The molecule has 0 aliphatic rings. The fourth-order valence-corrected chi connectivity index (χ4v) is 3.36. The third-order valence-corrected chi connectivity index (χ3v) is 4.79. The first-order chi connectivity index (χ1) is 8.91. The number of aliphatic hydroxyl groups is 1. The van der Waals surface area contributed by atoms with E-state index >= 15 is 0 Å². The third-order valence-electron chi connectivity index (χ3n) is 2.79. The van der Waals surface area contributed by atoms with Crippen molar-refractivity contribution in [2.24, 2.45) is 0 Å². The van der Waals surface area contributed by atoms with Gasteiger partial charge in [-0.25, -0.2) is 0 Å². The number of rotatable bonds is 3. The summed E-state index contributed by atoms with van der Waals surface area (Å²) >= 11 is 9.20. The van der Waals surface area contributed by atoms with Crippen LogP contribution in [-0.4, -0.2) is 14.9 Å². The van der Waals surface area contributed by atoms with E-state index in [1.165, 1.54) is 0 Å². The summed E-state index contributed by atoms with van der Waals surface area (Å²) in [6, 6.07) is 6.11. The molecule has 0 saturated carbocycles. The first-order valence-corrected chi connectivity index (χ1v) is 8.44. The van der Waals surface area contributed by atoms with E-state index in [1.807, 2.05) is 36.7 Å². The van der Waals surface area contributed by atoms with Gasteiger partial charge in [-0.2, -0.15) is 5.10 Å². The normalized spacial score (nSPS) is 13.0. The standard InChI is InChI=1S/C13H13Br2IN2O/c1-7(2)18-12(11(15)6-17-18)13(19)9-5-8(16)3-4-10(9)14/h3-7,13,19H,1-2H3. The van der Waals surface area contributed by atoms with Gasteiger partial charge in [0.1, 0.15) is 6.10 Å². The molecule has 0 radical (unpaired) electrons. The van der Waals surface area contributed by atoms with Gasteiger partial charge in [-0.05, 0) is 70.6 Å². The molecule has 3 nitrogen and oxygen atoms in total. The maximum Gasteiger partial charge on any atom is 0.123 e. The lowest BCUT2D eigenvalue weighted by atomic mass is 10.1. The number of benzene rings is 1. The summed E-state index contributed by atoms with van der Waals surface area (Å²) < 4.78 is 4.63. The van der Waals surface area contributed by atoms with Crippen molar-refractivity contribution in [2.45, 2.75) is 26.0 Å². The predicted molar refractivity (Wildman–Crippen MR) is 91.2 cm³/mol. The van der Waals surface area contributed by atoms with E-state index in [9.17, 15) is 5.11 Å². The molecular formula is C13H13Br2IN2O. The van der Waals surface area contributed by atoms with Gasteiger partial charge in [0.15, 0.2) is 0 Å². The number of aromatic nitrogens is 2. The van der Waals surface area contributed by atoms with Crippen molar-refractivity contribution >= 4 is 54.5 Å². The average molecular weight is 500 g/mol. The van der Waals surface area contributed by atoms with Gasteiger partial charge in [0, 0.05) is 19.6 Å². The molecule has 0 fully saturated rings. The molecule has 0 aliphatic heterocycles. The van der Waals surface area contributed by atoms with Gasteiger partial charge in [0.05, 0.1) is 16.4 Å². The molecule has 0 saturated heterocycles. The Labute approximate surface area is 142 Å². The summed E-state index contributed by atoms with van der Waals surface area (Å²) in [7, 11) is 0. The smallest absolute Gasteiger partial charge is 0.123 e. The van der Waals surface area contributed by atoms with Crippen LogP contribution in [0.1, 0.15) is 37.3 Å². The molecule has 0 amide bonds. The quantitative estimate of drug-likeness (QED) is 0.623. The van der Waals surface area contributed by atoms with Gasteiger partial charge in [0.2, 0.25) is 0 Å². The van der Waals surface area contributed by atoms with Crippen molar-refractivity contribution in [1.29, 1.82) is 0 Å². The Hall–Kier alpha value is 0.0800. The Morgan fingerprint density at radius 3 is 2.58 bits per heavy atom. The second-order valence-corrected chi connectivity index (χ2v) is 7.44. The maximum atomic E-state index is 10.7. The third kappa shape index (κ3) is 3.22. The van der Waals surface area contributed by atoms with E-state index in [-0.39, 0.29) is 6.04 Å². The van der Waals surface area contributed by atoms with E-state index in [0.29, 0.717) is 0 Å². The number of nitrogens with zero attached hydrogens (tertiary/aromatic N) is 2. The summed E-state index contributed by atoms with van der Waals surface area (Å²) in [6.45, 7) is 4.08. The van der Waals surface area contributed by atoms with Crippen LogP contribution in [0.4, 0.5) is 0 Å². The topological polar surface area (TPSA) is 38.0 Å². The fraction of sp³-hybridized carbons (Fsp3) is 0.308. The SMILES string of the molecule is CC(C)n1ncc(Br)c1C(O)c1cc(I)ccc1Br. The fourth-order valence-electron chi connectivity index (χ4n) is 1.89. The lowest BCUT2D eigenvalue weighted by Crippen LogP contribution is -2.13. The van der Waals surface area contributed by atoms with Crippen LogP contribution < -0.4 is 0 Å². The molecule has 1 atom stereocenters. The second-order valence-electron chi connectivity index (χ2n) is 4.48. The number of hydrogen-bond acceptors (Lipinski definition) is 2. The van der Waals surface area contributed by atoms with Crippen LogP contribution in [0.3, 0.4) is 0 Å². The van der Waals surface area contributed by atoms with Crippen LogP contribution >= 0.6 is 54.5 Å². The summed E-state index contributed by atoms with van der Waals surface area (Å²) in [5.41, 5.74) is 1.62. The monoisotopic (exact) mass is 498 g/mol. The van der Waals surface area contributed by atoms with Crippen LogP contribution in [0.2, 0.25) is 0 Å². The first-order valence-electron chi connectivity index (χ1n) is 5.77. The van der Waals surface area contributed by atoms with E-state index in [0.717, 1.165) is 23.8 Å². The number of aliphatic hydroxyl groups excluding tert-OH is 1. The van der Waals surface area contributed by atoms with E-state index in [4.69, 9.17) is 0 Å². The zero-order valence-electron chi connectivity index (χ0n) is 10.4. The molecular weight excluding hydrogens is 487 g/mol. The van der Waals surface area contributed by atoms with Crippen molar-refractivity contribution in [3.05, 3.63) is 48.2 Å². The first kappa shape index (κ1) is 15.5. The lowest BCUT2D eigenvalue weighted by molar-refractivity contribution is 0.203. The minimum absolute atomic E-state index is 0.192. The van der Waals surface area contributed by atoms with Crippen molar-refractivity contribution in [1.82, 2.24) is 9.78 Å². The predicted octanol–water partition coefficient (Wildman–Crippen LogP) is 4.68. The highest BCUT2D eigenvalue weighted by Gasteiger charge is 2.22. The van der Waals surface area contributed by atoms with Gasteiger partial charge in [0.25, 0.3) is 0 Å². The zero-order valence-corrected chi connectivity index (χ0v) is 15.8. The molecule has 1 N–H and O–H groups in total. The highest BCUT2D eigenvalue weighted by Crippen LogP contribution is 2.34. The van der Waals surface area contributed by atoms with E-state index in [2.05, 4.69) is 59.5 Å². The summed E-state index contributed by atoms with van der Waals surface area (Å²) in [5, 5.41) is 15.0. The Balaban J connectivity index is 2.52. The lowest BCUT2D eigenvalue weighted by Gasteiger charge is -2.18. The van der Waals surface area contributed by atoms with Crippen molar-refractivity contribution in [3.63, 3.8) is 0 Å². The van der Waals surface area contributed by atoms with Crippen LogP contribution in [-0.2, 0) is 0 Å². The molecule has 0 aliphatic carbocycles. The molecule has 19 heavy (non-hydrogen) atoms. The van der Waals surface area contributed by atoms with Gasteiger partial charge in [-0.1, -0.05) is 15.9 Å². The van der Waals surface area contributed by atoms with Crippen LogP contribution in [0.5, 0.6) is 0 Å². The summed E-state index contributed by atoms with van der Waals surface area (Å²) in [6.07, 6.45) is 1.00. The highest BCUT2D eigenvalue weighted by atomic mass is 127. The van der Waals surface area contributed by atoms with Crippen molar-refractivity contribution in [2.75, 3.05) is 0 Å². The maximum absolute atomic E-state index is 10.7.